The van der Waals surface area contributed by atoms with Gasteiger partial charge in [0.25, 0.3) is 0 Å². The molecule has 4 rings (SSSR count). The van der Waals surface area contributed by atoms with E-state index >= 15 is 0 Å². The lowest BCUT2D eigenvalue weighted by molar-refractivity contribution is -0.125. The van der Waals surface area contributed by atoms with Gasteiger partial charge in [0.15, 0.2) is 5.82 Å². The normalized spacial score (nSPS) is 16.4. The quantitative estimate of drug-likeness (QED) is 0.679. The Hall–Kier alpha value is -3.49. The second kappa shape index (κ2) is 8.68. The fourth-order valence-electron chi connectivity index (χ4n) is 3.44. The van der Waals surface area contributed by atoms with Gasteiger partial charge in [-0.25, -0.2) is 19.6 Å². The highest BCUT2D eigenvalue weighted by Crippen LogP contribution is 2.22. The first-order valence-corrected chi connectivity index (χ1v) is 9.55. The van der Waals surface area contributed by atoms with Crippen LogP contribution in [0.15, 0.2) is 49.3 Å². The van der Waals surface area contributed by atoms with Gasteiger partial charge in [0.2, 0.25) is 5.91 Å². The molecule has 0 saturated carbocycles. The molecule has 1 atom stereocenters. The molecule has 150 valence electrons. The third-order valence-electron chi connectivity index (χ3n) is 5.03. The Balaban J connectivity index is 1.37. The molecule has 0 bridgehead atoms. The van der Waals surface area contributed by atoms with Crippen LogP contribution in [0.2, 0.25) is 0 Å². The number of nitrogens with one attached hydrogen (secondary N) is 1. The molecule has 1 aromatic carbocycles. The van der Waals surface area contributed by atoms with Gasteiger partial charge in [-0.05, 0) is 30.5 Å². The van der Waals surface area contributed by atoms with Crippen molar-refractivity contribution in [1.82, 2.24) is 30.0 Å². The number of amides is 1. The van der Waals surface area contributed by atoms with Crippen LogP contribution in [0, 0.1) is 5.92 Å². The van der Waals surface area contributed by atoms with Crippen molar-refractivity contribution in [2.24, 2.45) is 5.92 Å². The summed E-state index contributed by atoms with van der Waals surface area (Å²) >= 11 is 0. The lowest BCUT2D eigenvalue weighted by atomic mass is 9.97. The molecule has 1 aliphatic rings. The summed E-state index contributed by atoms with van der Waals surface area (Å²) in [6.45, 7) is 1.99. The van der Waals surface area contributed by atoms with Gasteiger partial charge in [-0.15, -0.1) is 0 Å². The number of methoxy groups -OCH3 is 1. The largest absolute Gasteiger partial charge is 0.497 e. The summed E-state index contributed by atoms with van der Waals surface area (Å²) in [5.41, 5.74) is 1.04. The first-order valence-electron chi connectivity index (χ1n) is 9.55. The molecule has 3 heterocycles. The average Bonchev–Trinajstić information content (AvgIpc) is 3.33. The van der Waals surface area contributed by atoms with Crippen LogP contribution in [0.5, 0.6) is 5.75 Å². The van der Waals surface area contributed by atoms with E-state index in [1.165, 1.54) is 12.7 Å². The van der Waals surface area contributed by atoms with Crippen molar-refractivity contribution in [3.05, 3.63) is 54.9 Å². The number of rotatable bonds is 6. The molecule has 9 nitrogen and oxygen atoms in total. The molecule has 1 saturated heterocycles. The van der Waals surface area contributed by atoms with Gasteiger partial charge in [0, 0.05) is 25.7 Å². The van der Waals surface area contributed by atoms with Crippen LogP contribution in [-0.4, -0.2) is 50.8 Å². The Bertz CT molecular complexity index is 944. The van der Waals surface area contributed by atoms with Gasteiger partial charge in [-0.2, -0.15) is 5.10 Å². The lowest BCUT2D eigenvalue weighted by Gasteiger charge is -2.32. The lowest BCUT2D eigenvalue weighted by Crippen LogP contribution is -2.43. The molecule has 1 fully saturated rings. The van der Waals surface area contributed by atoms with E-state index < -0.39 is 0 Å². The Morgan fingerprint density at radius 3 is 2.79 bits per heavy atom. The third-order valence-corrected chi connectivity index (χ3v) is 5.03. The van der Waals surface area contributed by atoms with Gasteiger partial charge in [0.1, 0.15) is 30.5 Å². The van der Waals surface area contributed by atoms with Crippen molar-refractivity contribution in [1.29, 1.82) is 0 Å². The highest BCUT2D eigenvalue weighted by molar-refractivity contribution is 5.79. The minimum absolute atomic E-state index is 0.0658. The van der Waals surface area contributed by atoms with Crippen LogP contribution < -0.4 is 15.0 Å². The van der Waals surface area contributed by atoms with Crippen LogP contribution >= 0.6 is 0 Å². The van der Waals surface area contributed by atoms with Gasteiger partial charge in [-0.1, -0.05) is 12.1 Å². The van der Waals surface area contributed by atoms with Gasteiger partial charge >= 0.3 is 0 Å². The number of benzene rings is 1. The molecule has 1 unspecified atom stereocenters. The molecule has 2 aromatic heterocycles. The van der Waals surface area contributed by atoms with Gasteiger partial charge in [-0.3, -0.25) is 4.79 Å². The first-order chi connectivity index (χ1) is 14.2. The van der Waals surface area contributed by atoms with Gasteiger partial charge in [0.05, 0.1) is 13.0 Å². The fraction of sp³-hybridized carbons (Fsp3) is 0.350. The molecule has 3 aromatic rings. The minimum atomic E-state index is -0.0771. The number of nitrogens with zero attached hydrogens (tertiary/aromatic N) is 6. The molecular formula is C20H23N7O2. The highest BCUT2D eigenvalue weighted by atomic mass is 16.5. The standard InChI is InChI=1S/C20H23N7O2/c1-29-17-6-4-15(5-7-17)10-22-20(28)16-3-2-8-26(11-16)18-9-19(24-13-23-18)27-14-21-12-25-27/h4-7,9,12-14,16H,2-3,8,10-11H2,1H3,(H,22,28). The van der Waals surface area contributed by atoms with Crippen molar-refractivity contribution in [2.45, 2.75) is 19.4 Å². The van der Waals surface area contributed by atoms with Crippen LogP contribution in [0.3, 0.4) is 0 Å². The van der Waals surface area contributed by atoms with E-state index in [1.807, 2.05) is 30.3 Å². The maximum absolute atomic E-state index is 12.7. The second-order valence-corrected chi connectivity index (χ2v) is 6.93. The first kappa shape index (κ1) is 18.9. The summed E-state index contributed by atoms with van der Waals surface area (Å²) in [7, 11) is 1.64. The Labute approximate surface area is 168 Å². The number of hydrogen-bond donors (Lipinski definition) is 1. The van der Waals surface area contributed by atoms with Crippen molar-refractivity contribution in [3.8, 4) is 11.6 Å². The summed E-state index contributed by atoms with van der Waals surface area (Å²) in [6, 6.07) is 9.57. The topological polar surface area (TPSA) is 98.1 Å². The van der Waals surface area contributed by atoms with Crippen LogP contribution in [0.4, 0.5) is 5.82 Å². The fourth-order valence-corrected chi connectivity index (χ4v) is 3.44. The van der Waals surface area contributed by atoms with Crippen LogP contribution in [-0.2, 0) is 11.3 Å². The average molecular weight is 393 g/mol. The molecular weight excluding hydrogens is 370 g/mol. The van der Waals surface area contributed by atoms with Crippen LogP contribution in [0.1, 0.15) is 18.4 Å². The third kappa shape index (κ3) is 4.50. The van der Waals surface area contributed by atoms with Crippen molar-refractivity contribution < 1.29 is 9.53 Å². The summed E-state index contributed by atoms with van der Waals surface area (Å²) in [6.07, 6.45) is 6.37. The van der Waals surface area contributed by atoms with Crippen molar-refractivity contribution in [3.63, 3.8) is 0 Å². The van der Waals surface area contributed by atoms with E-state index in [9.17, 15) is 4.79 Å². The Morgan fingerprint density at radius 1 is 1.21 bits per heavy atom. The molecule has 1 N–H and O–H groups in total. The van der Waals surface area contributed by atoms with Gasteiger partial charge < -0.3 is 15.0 Å². The van der Waals surface area contributed by atoms with E-state index in [0.29, 0.717) is 18.9 Å². The smallest absolute Gasteiger partial charge is 0.225 e. The van der Waals surface area contributed by atoms with Crippen molar-refractivity contribution >= 4 is 11.7 Å². The number of anilines is 1. The molecule has 1 amide bonds. The van der Waals surface area contributed by atoms with E-state index in [-0.39, 0.29) is 11.8 Å². The molecule has 0 spiro atoms. The van der Waals surface area contributed by atoms with Crippen LogP contribution in [0.25, 0.3) is 5.82 Å². The number of ether oxygens (including phenoxy) is 1. The number of hydrogen-bond acceptors (Lipinski definition) is 7. The molecule has 0 aliphatic carbocycles. The molecule has 9 heteroatoms. The summed E-state index contributed by atoms with van der Waals surface area (Å²) in [5.74, 6) is 2.23. The number of aromatic nitrogens is 5. The highest BCUT2D eigenvalue weighted by Gasteiger charge is 2.26. The maximum Gasteiger partial charge on any atom is 0.225 e. The molecule has 1 aliphatic heterocycles. The zero-order valence-electron chi connectivity index (χ0n) is 16.2. The second-order valence-electron chi connectivity index (χ2n) is 6.93. The number of carbonyl (C=O) groups excluding carboxylic acids is 1. The van der Waals surface area contributed by atoms with E-state index in [2.05, 4.69) is 30.3 Å². The SMILES string of the molecule is COc1ccc(CNC(=O)C2CCCN(c3cc(-n4cncn4)ncn3)C2)cc1. The monoisotopic (exact) mass is 393 g/mol. The van der Waals surface area contributed by atoms with E-state index in [4.69, 9.17) is 4.74 Å². The maximum atomic E-state index is 12.7. The Morgan fingerprint density at radius 2 is 2.03 bits per heavy atom. The minimum Gasteiger partial charge on any atom is -0.497 e. The van der Waals surface area contributed by atoms with Crippen molar-refractivity contribution in [2.75, 3.05) is 25.1 Å². The Kier molecular flexibility index (Phi) is 5.64. The number of carbonyl (C=O) groups is 1. The summed E-state index contributed by atoms with van der Waals surface area (Å²) < 4.78 is 6.76. The predicted molar refractivity (Wildman–Crippen MR) is 107 cm³/mol. The number of piperidine rings is 1. The molecule has 0 radical (unpaired) electrons. The zero-order chi connectivity index (χ0) is 20.1. The summed E-state index contributed by atoms with van der Waals surface area (Å²) in [5, 5.41) is 7.16. The van der Waals surface area contributed by atoms with E-state index in [1.54, 1.807) is 18.1 Å². The van der Waals surface area contributed by atoms with E-state index in [0.717, 1.165) is 36.5 Å². The predicted octanol–water partition coefficient (Wildman–Crippen LogP) is 1.60. The molecule has 29 heavy (non-hydrogen) atoms. The zero-order valence-corrected chi connectivity index (χ0v) is 16.2. The summed E-state index contributed by atoms with van der Waals surface area (Å²) in [4.78, 5) is 27.4.